The quantitative estimate of drug-likeness (QED) is 0.691. The second-order valence-corrected chi connectivity index (χ2v) is 4.10. The minimum absolute atomic E-state index is 0.505. The van der Waals surface area contributed by atoms with Gasteiger partial charge in [-0.3, -0.25) is 0 Å². The lowest BCUT2D eigenvalue weighted by atomic mass is 10.3. The topological polar surface area (TPSA) is 6.48 Å². The molecule has 0 aliphatic carbocycles. The molecule has 0 aromatic carbocycles. The molecule has 1 atom stereocenters. The van der Waals surface area contributed by atoms with E-state index in [1.807, 2.05) is 0 Å². The van der Waals surface area contributed by atoms with Crippen LogP contribution in [0.5, 0.6) is 0 Å². The van der Waals surface area contributed by atoms with Crippen LogP contribution in [0.4, 0.5) is 0 Å². The second kappa shape index (κ2) is 4.17. The van der Waals surface area contributed by atoms with E-state index in [0.717, 1.165) is 6.54 Å². The van der Waals surface area contributed by atoms with Gasteiger partial charge in [-0.2, -0.15) is 0 Å². The van der Waals surface area contributed by atoms with Crippen LogP contribution in [0.3, 0.4) is 0 Å². The monoisotopic (exact) mass is 232 g/mol. The van der Waals surface area contributed by atoms with Crippen molar-refractivity contribution in [2.24, 2.45) is 0 Å². The van der Waals surface area contributed by atoms with Gasteiger partial charge in [0.05, 0.1) is 10.8 Å². The fraction of sp³-hybridized carbons (Fsp3) is 0.778. The molecule has 0 N–H and O–H groups in total. The summed E-state index contributed by atoms with van der Waals surface area (Å²) in [6, 6.07) is 0. The molecule has 1 heterocycles. The molecule has 0 aromatic rings. The zero-order valence-electron chi connectivity index (χ0n) is 8.05. The van der Waals surface area contributed by atoms with Crippen molar-refractivity contribution < 1.29 is 0 Å². The summed E-state index contributed by atoms with van der Waals surface area (Å²) in [4.78, 5) is 4.60. The Labute approximate surface area is 83.4 Å². The molecule has 0 saturated heterocycles. The number of unbranched alkanes of at least 4 members (excludes halogenated alkanes) is 1. The molecule has 0 bridgehead atoms. The zero-order chi connectivity index (χ0) is 9.14. The predicted octanol–water partition coefficient (Wildman–Crippen LogP) is 2.57. The normalized spacial score (nSPS) is 23.3. The predicted molar refractivity (Wildman–Crippen MR) is 55.8 cm³/mol. The smallest absolute Gasteiger partial charge is 0.0984 e. The van der Waals surface area contributed by atoms with Crippen LogP contribution in [0.15, 0.2) is 10.8 Å². The van der Waals surface area contributed by atoms with Gasteiger partial charge >= 0.3 is 0 Å². The SMILES string of the molecule is CCCCN1C=C(Br)N(C)C1C. The van der Waals surface area contributed by atoms with Crippen LogP contribution in [0.2, 0.25) is 0 Å². The van der Waals surface area contributed by atoms with Gasteiger partial charge in [-0.25, -0.2) is 0 Å². The van der Waals surface area contributed by atoms with E-state index in [4.69, 9.17) is 0 Å². The standard InChI is InChI=1S/C9H17BrN2/c1-4-5-6-12-7-9(10)11(3)8(12)2/h7-8H,4-6H2,1-3H3. The van der Waals surface area contributed by atoms with E-state index in [1.54, 1.807) is 0 Å². The molecule has 2 nitrogen and oxygen atoms in total. The number of nitrogens with zero attached hydrogens (tertiary/aromatic N) is 2. The first-order valence-corrected chi connectivity index (χ1v) is 5.32. The average molecular weight is 233 g/mol. The number of rotatable bonds is 3. The minimum atomic E-state index is 0.505. The summed E-state index contributed by atoms with van der Waals surface area (Å²) in [6.07, 6.45) is 5.22. The molecule has 0 aromatic heterocycles. The summed E-state index contributed by atoms with van der Waals surface area (Å²) in [5.41, 5.74) is 0. The highest BCUT2D eigenvalue weighted by Crippen LogP contribution is 2.24. The highest BCUT2D eigenvalue weighted by atomic mass is 79.9. The number of halogens is 1. The van der Waals surface area contributed by atoms with Crippen molar-refractivity contribution in [2.45, 2.75) is 32.9 Å². The van der Waals surface area contributed by atoms with E-state index in [1.165, 1.54) is 17.4 Å². The Bertz CT molecular complexity index is 179. The Kier molecular flexibility index (Phi) is 3.44. The van der Waals surface area contributed by atoms with Crippen LogP contribution in [0.1, 0.15) is 26.7 Å². The van der Waals surface area contributed by atoms with Gasteiger partial charge in [-0.15, -0.1) is 0 Å². The van der Waals surface area contributed by atoms with Gasteiger partial charge in [0.15, 0.2) is 0 Å². The summed E-state index contributed by atoms with van der Waals surface area (Å²) in [5.74, 6) is 0. The third kappa shape index (κ3) is 1.94. The van der Waals surface area contributed by atoms with Crippen LogP contribution >= 0.6 is 15.9 Å². The maximum atomic E-state index is 3.52. The molecule has 70 valence electrons. The van der Waals surface area contributed by atoms with Crippen LogP contribution in [-0.4, -0.2) is 29.6 Å². The Morgan fingerprint density at radius 2 is 2.25 bits per heavy atom. The third-order valence-corrected chi connectivity index (χ3v) is 3.18. The van der Waals surface area contributed by atoms with Crippen LogP contribution in [0.25, 0.3) is 0 Å². The van der Waals surface area contributed by atoms with Gasteiger partial charge in [0.2, 0.25) is 0 Å². The second-order valence-electron chi connectivity index (χ2n) is 3.29. The number of hydrogen-bond donors (Lipinski definition) is 0. The largest absolute Gasteiger partial charge is 0.355 e. The number of hydrogen-bond acceptors (Lipinski definition) is 2. The van der Waals surface area contributed by atoms with Crippen molar-refractivity contribution >= 4 is 15.9 Å². The Morgan fingerprint density at radius 3 is 2.67 bits per heavy atom. The highest BCUT2D eigenvalue weighted by molar-refractivity contribution is 9.11. The molecule has 0 spiro atoms. The van der Waals surface area contributed by atoms with E-state index in [2.05, 4.69) is 52.8 Å². The molecule has 3 heteroatoms. The Morgan fingerprint density at radius 1 is 1.58 bits per heavy atom. The molecule has 0 fully saturated rings. The molecular formula is C9H17BrN2. The highest BCUT2D eigenvalue weighted by Gasteiger charge is 2.22. The molecular weight excluding hydrogens is 216 g/mol. The summed E-state index contributed by atoms with van der Waals surface area (Å²) < 4.78 is 1.19. The molecule has 0 radical (unpaired) electrons. The fourth-order valence-electron chi connectivity index (χ4n) is 1.33. The molecule has 12 heavy (non-hydrogen) atoms. The zero-order valence-corrected chi connectivity index (χ0v) is 9.63. The van der Waals surface area contributed by atoms with Crippen molar-refractivity contribution in [2.75, 3.05) is 13.6 Å². The Hall–Kier alpha value is -0.180. The molecule has 1 rings (SSSR count). The molecule has 0 amide bonds. The summed E-state index contributed by atoms with van der Waals surface area (Å²) in [7, 11) is 2.11. The maximum absolute atomic E-state index is 3.52. The molecule has 1 aliphatic rings. The summed E-state index contributed by atoms with van der Waals surface area (Å²) >= 11 is 3.52. The van der Waals surface area contributed by atoms with Gasteiger partial charge in [-0.1, -0.05) is 13.3 Å². The van der Waals surface area contributed by atoms with Gasteiger partial charge in [0.25, 0.3) is 0 Å². The van der Waals surface area contributed by atoms with E-state index in [-0.39, 0.29) is 0 Å². The minimum Gasteiger partial charge on any atom is -0.355 e. The molecule has 1 unspecified atom stereocenters. The van der Waals surface area contributed by atoms with Gasteiger partial charge in [0.1, 0.15) is 0 Å². The molecule has 0 saturated carbocycles. The average Bonchev–Trinajstić information content (AvgIpc) is 2.30. The van der Waals surface area contributed by atoms with Crippen LogP contribution in [-0.2, 0) is 0 Å². The first-order chi connectivity index (χ1) is 5.66. The van der Waals surface area contributed by atoms with E-state index < -0.39 is 0 Å². The van der Waals surface area contributed by atoms with Crippen molar-refractivity contribution in [3.05, 3.63) is 10.8 Å². The van der Waals surface area contributed by atoms with Crippen molar-refractivity contribution in [3.63, 3.8) is 0 Å². The van der Waals surface area contributed by atoms with Crippen LogP contribution in [0, 0.1) is 0 Å². The van der Waals surface area contributed by atoms with Gasteiger partial charge in [-0.05, 0) is 29.3 Å². The van der Waals surface area contributed by atoms with E-state index in [9.17, 15) is 0 Å². The Balaban J connectivity index is 2.46. The van der Waals surface area contributed by atoms with Gasteiger partial charge in [0, 0.05) is 19.8 Å². The summed E-state index contributed by atoms with van der Waals surface area (Å²) in [6.45, 7) is 5.61. The maximum Gasteiger partial charge on any atom is 0.0984 e. The first kappa shape index (κ1) is 9.90. The van der Waals surface area contributed by atoms with E-state index >= 15 is 0 Å². The van der Waals surface area contributed by atoms with Crippen LogP contribution < -0.4 is 0 Å². The first-order valence-electron chi connectivity index (χ1n) is 4.52. The third-order valence-electron chi connectivity index (χ3n) is 2.42. The van der Waals surface area contributed by atoms with Gasteiger partial charge < -0.3 is 9.80 Å². The lowest BCUT2D eigenvalue weighted by Crippen LogP contribution is -2.34. The summed E-state index contributed by atoms with van der Waals surface area (Å²) in [5, 5.41) is 0. The van der Waals surface area contributed by atoms with Crippen molar-refractivity contribution in [1.82, 2.24) is 9.80 Å². The fourth-order valence-corrected chi connectivity index (χ4v) is 1.89. The van der Waals surface area contributed by atoms with Crippen molar-refractivity contribution in [3.8, 4) is 0 Å². The van der Waals surface area contributed by atoms with Crippen molar-refractivity contribution in [1.29, 1.82) is 0 Å². The lowest BCUT2D eigenvalue weighted by Gasteiger charge is -2.27. The lowest BCUT2D eigenvalue weighted by molar-refractivity contribution is 0.192. The molecule has 1 aliphatic heterocycles. The van der Waals surface area contributed by atoms with E-state index in [0.29, 0.717) is 6.17 Å².